The third-order valence-electron chi connectivity index (χ3n) is 2.65. The lowest BCUT2D eigenvalue weighted by Gasteiger charge is -2.17. The second-order valence-electron chi connectivity index (χ2n) is 5.04. The molecule has 3 amide bonds. The molecule has 1 atom stereocenters. The number of nitrogens with one attached hydrogen (secondary N) is 2. The Bertz CT molecular complexity index is 565. The topological polar surface area (TPSA) is 120 Å². The van der Waals surface area contributed by atoms with E-state index in [0.717, 1.165) is 7.11 Å². The summed E-state index contributed by atoms with van der Waals surface area (Å²) < 4.78 is 10.1. The van der Waals surface area contributed by atoms with Crippen LogP contribution in [0.3, 0.4) is 0 Å². The number of rotatable bonds is 8. The standard InChI is InChI=1S/C13H16Cl6N2O7/c1-26-9(23)7(20-10(24)27-5-12(14,15)16)3-2-4-8(22)21-11(25)28-6-13(17,18)19/h7H,2-6H2,1H3,(H,20,24)(H,21,22,25)/t7-/m0/s1. The Morgan fingerprint density at radius 2 is 1.39 bits per heavy atom. The van der Waals surface area contributed by atoms with Crippen LogP contribution in [-0.2, 0) is 23.8 Å². The number of hydrogen-bond donors (Lipinski definition) is 2. The SMILES string of the molecule is COC(=O)[C@H](CCCC(=O)NC(=O)OCC(Cl)(Cl)Cl)NC(=O)OCC(Cl)(Cl)Cl. The molecule has 0 rings (SSSR count). The first-order valence-electron chi connectivity index (χ1n) is 7.34. The van der Waals surface area contributed by atoms with Crippen LogP contribution in [-0.4, -0.2) is 58.0 Å². The summed E-state index contributed by atoms with van der Waals surface area (Å²) in [5.41, 5.74) is 0. The third kappa shape index (κ3) is 15.4. The molecular weight excluding hydrogens is 509 g/mol. The number of halogens is 6. The summed E-state index contributed by atoms with van der Waals surface area (Å²) in [6.07, 6.45) is -2.22. The number of alkyl halides is 6. The van der Waals surface area contributed by atoms with Crippen LogP contribution >= 0.6 is 69.6 Å². The van der Waals surface area contributed by atoms with Crippen LogP contribution in [0.5, 0.6) is 0 Å². The summed E-state index contributed by atoms with van der Waals surface area (Å²) in [6.45, 7) is -1.10. The number of carbonyl (C=O) groups is 4. The minimum absolute atomic E-state index is 0.00778. The molecule has 0 saturated heterocycles. The molecule has 0 spiro atoms. The molecule has 0 fully saturated rings. The molecule has 0 unspecified atom stereocenters. The Balaban J connectivity index is 4.38. The predicted octanol–water partition coefficient (Wildman–Crippen LogP) is 3.42. The Hall–Kier alpha value is -0.580. The number of alkyl carbamates (subject to hydrolysis) is 2. The molecule has 9 nitrogen and oxygen atoms in total. The second-order valence-corrected chi connectivity index (χ2v) is 10.1. The highest BCUT2D eigenvalue weighted by molar-refractivity contribution is 6.68. The van der Waals surface area contributed by atoms with Crippen molar-refractivity contribution in [3.63, 3.8) is 0 Å². The van der Waals surface area contributed by atoms with Gasteiger partial charge in [-0.05, 0) is 12.8 Å². The fourth-order valence-corrected chi connectivity index (χ4v) is 1.88. The van der Waals surface area contributed by atoms with Gasteiger partial charge in [0.15, 0.2) is 0 Å². The number of methoxy groups -OCH3 is 1. The van der Waals surface area contributed by atoms with Gasteiger partial charge in [0.1, 0.15) is 19.3 Å². The zero-order valence-electron chi connectivity index (χ0n) is 14.2. The highest BCUT2D eigenvalue weighted by Crippen LogP contribution is 2.26. The first-order chi connectivity index (χ1) is 12.7. The van der Waals surface area contributed by atoms with Crippen LogP contribution in [0.2, 0.25) is 0 Å². The van der Waals surface area contributed by atoms with Crippen LogP contribution in [0.4, 0.5) is 9.59 Å². The van der Waals surface area contributed by atoms with Crippen molar-refractivity contribution in [2.24, 2.45) is 0 Å². The zero-order valence-corrected chi connectivity index (χ0v) is 18.8. The Morgan fingerprint density at radius 1 is 0.893 bits per heavy atom. The highest BCUT2D eigenvalue weighted by atomic mass is 35.6. The molecule has 0 radical (unpaired) electrons. The summed E-state index contributed by atoms with van der Waals surface area (Å²) in [5, 5.41) is 4.11. The van der Waals surface area contributed by atoms with Crippen molar-refractivity contribution in [2.75, 3.05) is 20.3 Å². The molecule has 0 aliphatic heterocycles. The molecule has 0 saturated carbocycles. The lowest BCUT2D eigenvalue weighted by molar-refractivity contribution is -0.143. The molecule has 0 aromatic rings. The van der Waals surface area contributed by atoms with Gasteiger partial charge < -0.3 is 19.5 Å². The monoisotopic (exact) mass is 522 g/mol. The normalized spacial score (nSPS) is 12.5. The van der Waals surface area contributed by atoms with Gasteiger partial charge in [-0.15, -0.1) is 0 Å². The fraction of sp³-hybridized carbons (Fsp3) is 0.692. The Labute approximate surface area is 190 Å². The highest BCUT2D eigenvalue weighted by Gasteiger charge is 2.26. The van der Waals surface area contributed by atoms with Crippen molar-refractivity contribution in [2.45, 2.75) is 32.9 Å². The maximum Gasteiger partial charge on any atom is 0.413 e. The van der Waals surface area contributed by atoms with E-state index < -0.39 is 50.9 Å². The van der Waals surface area contributed by atoms with Crippen molar-refractivity contribution in [1.29, 1.82) is 0 Å². The summed E-state index contributed by atoms with van der Waals surface area (Å²) >= 11 is 32.5. The minimum atomic E-state index is -1.82. The summed E-state index contributed by atoms with van der Waals surface area (Å²) in [7, 11) is 1.11. The number of esters is 1. The first kappa shape index (κ1) is 27.4. The molecule has 15 heteroatoms. The largest absolute Gasteiger partial charge is 0.467 e. The van der Waals surface area contributed by atoms with Gasteiger partial charge in [-0.3, -0.25) is 10.1 Å². The predicted molar refractivity (Wildman–Crippen MR) is 104 cm³/mol. The minimum Gasteiger partial charge on any atom is -0.467 e. The number of hydrogen-bond acceptors (Lipinski definition) is 7. The Morgan fingerprint density at radius 3 is 1.86 bits per heavy atom. The van der Waals surface area contributed by atoms with Crippen LogP contribution in [0, 0.1) is 0 Å². The molecule has 0 aliphatic rings. The summed E-state index contributed by atoms with van der Waals surface area (Å²) in [6, 6.07) is -1.13. The van der Waals surface area contributed by atoms with E-state index in [1.165, 1.54) is 0 Å². The van der Waals surface area contributed by atoms with Crippen molar-refractivity contribution >= 4 is 93.7 Å². The van der Waals surface area contributed by atoms with E-state index in [9.17, 15) is 19.2 Å². The first-order valence-corrected chi connectivity index (χ1v) is 9.61. The molecule has 0 aromatic heterocycles. The molecule has 0 aromatic carbocycles. The molecule has 2 N–H and O–H groups in total. The average molecular weight is 525 g/mol. The molecule has 0 heterocycles. The van der Waals surface area contributed by atoms with E-state index in [-0.39, 0.29) is 19.3 Å². The maximum absolute atomic E-state index is 11.7. The number of imide groups is 1. The van der Waals surface area contributed by atoms with Gasteiger partial charge >= 0.3 is 18.2 Å². The van der Waals surface area contributed by atoms with Gasteiger partial charge in [-0.1, -0.05) is 69.6 Å². The van der Waals surface area contributed by atoms with Gasteiger partial charge in [0.2, 0.25) is 13.5 Å². The van der Waals surface area contributed by atoms with Gasteiger partial charge in [0.25, 0.3) is 0 Å². The summed E-state index contributed by atoms with van der Waals surface area (Å²) in [4.78, 5) is 46.3. The number of amides is 3. The second kappa shape index (κ2) is 12.9. The van der Waals surface area contributed by atoms with Gasteiger partial charge in [-0.2, -0.15) is 0 Å². The third-order valence-corrected chi connectivity index (χ3v) is 3.30. The van der Waals surface area contributed by atoms with E-state index in [1.54, 1.807) is 0 Å². The van der Waals surface area contributed by atoms with Gasteiger partial charge in [-0.25, -0.2) is 14.4 Å². The lowest BCUT2D eigenvalue weighted by Crippen LogP contribution is -2.42. The van der Waals surface area contributed by atoms with Crippen molar-refractivity contribution in [3.8, 4) is 0 Å². The van der Waals surface area contributed by atoms with E-state index in [2.05, 4.69) is 19.5 Å². The van der Waals surface area contributed by atoms with Crippen molar-refractivity contribution in [3.05, 3.63) is 0 Å². The smallest absolute Gasteiger partial charge is 0.413 e. The number of ether oxygens (including phenoxy) is 3. The van der Waals surface area contributed by atoms with E-state index in [4.69, 9.17) is 69.6 Å². The van der Waals surface area contributed by atoms with E-state index in [0.29, 0.717) is 0 Å². The zero-order chi connectivity index (χ0) is 22.0. The quantitative estimate of drug-likeness (QED) is 0.283. The molecule has 0 aliphatic carbocycles. The maximum atomic E-state index is 11.7. The molecule has 162 valence electrons. The van der Waals surface area contributed by atoms with Crippen LogP contribution in [0.1, 0.15) is 19.3 Å². The van der Waals surface area contributed by atoms with E-state index in [1.807, 2.05) is 5.32 Å². The van der Waals surface area contributed by atoms with Gasteiger partial charge in [0.05, 0.1) is 7.11 Å². The van der Waals surface area contributed by atoms with Gasteiger partial charge in [0, 0.05) is 6.42 Å². The van der Waals surface area contributed by atoms with Crippen LogP contribution in [0.25, 0.3) is 0 Å². The molecule has 0 bridgehead atoms. The molecule has 28 heavy (non-hydrogen) atoms. The molecular formula is C13H16Cl6N2O7. The van der Waals surface area contributed by atoms with Crippen LogP contribution < -0.4 is 10.6 Å². The summed E-state index contributed by atoms with van der Waals surface area (Å²) in [5.74, 6) is -1.50. The van der Waals surface area contributed by atoms with E-state index >= 15 is 0 Å². The van der Waals surface area contributed by atoms with Crippen LogP contribution in [0.15, 0.2) is 0 Å². The van der Waals surface area contributed by atoms with Crippen molar-refractivity contribution < 1.29 is 33.4 Å². The average Bonchev–Trinajstić information content (AvgIpc) is 2.55. The van der Waals surface area contributed by atoms with Crippen molar-refractivity contribution in [1.82, 2.24) is 10.6 Å². The lowest BCUT2D eigenvalue weighted by atomic mass is 10.1. The fourth-order valence-electron chi connectivity index (χ4n) is 1.55. The Kier molecular flexibility index (Phi) is 12.6. The number of carbonyl (C=O) groups excluding carboxylic acids is 4.